The first-order chi connectivity index (χ1) is 5.63. The maximum absolute atomic E-state index is 9.57. The zero-order valence-corrected chi connectivity index (χ0v) is 7.27. The van der Waals surface area contributed by atoms with Gasteiger partial charge in [-0.15, -0.1) is 0 Å². The van der Waals surface area contributed by atoms with E-state index in [4.69, 9.17) is 10.2 Å². The van der Waals surface area contributed by atoms with Gasteiger partial charge in [0.25, 0.3) is 0 Å². The summed E-state index contributed by atoms with van der Waals surface area (Å²) in [7, 11) is 0. The Labute approximate surface area is 71.4 Å². The Balaban J connectivity index is 2.65. The van der Waals surface area contributed by atoms with E-state index in [1.165, 1.54) is 12.5 Å². The van der Waals surface area contributed by atoms with Gasteiger partial charge in [-0.25, -0.2) is 4.98 Å². The molecule has 0 aliphatic rings. The van der Waals surface area contributed by atoms with Crippen LogP contribution in [-0.2, 0) is 0 Å². The lowest BCUT2D eigenvalue weighted by atomic mass is 10.00. The van der Waals surface area contributed by atoms with E-state index >= 15 is 0 Å². The molecular formula is C8H14N2O2. The lowest BCUT2D eigenvalue weighted by Crippen LogP contribution is -2.33. The van der Waals surface area contributed by atoms with Crippen LogP contribution in [0.5, 0.6) is 0 Å². The summed E-state index contributed by atoms with van der Waals surface area (Å²) in [5, 5.41) is 9.57. The third-order valence-corrected chi connectivity index (χ3v) is 1.84. The van der Waals surface area contributed by atoms with Crippen molar-refractivity contribution in [1.29, 1.82) is 0 Å². The molecule has 1 aromatic heterocycles. The van der Waals surface area contributed by atoms with E-state index in [0.29, 0.717) is 0 Å². The normalized spacial score (nSPS) is 16.4. The van der Waals surface area contributed by atoms with Crippen molar-refractivity contribution in [3.63, 3.8) is 0 Å². The Kier molecular flexibility index (Phi) is 2.83. The molecule has 4 heteroatoms. The van der Waals surface area contributed by atoms with Gasteiger partial charge < -0.3 is 15.3 Å². The Morgan fingerprint density at radius 1 is 1.58 bits per heavy atom. The van der Waals surface area contributed by atoms with Gasteiger partial charge in [-0.05, 0) is 5.92 Å². The zero-order valence-electron chi connectivity index (χ0n) is 7.27. The summed E-state index contributed by atoms with van der Waals surface area (Å²) in [5.74, 6) is 0.489. The van der Waals surface area contributed by atoms with Gasteiger partial charge in [0.2, 0.25) is 5.89 Å². The molecule has 2 atom stereocenters. The quantitative estimate of drug-likeness (QED) is 0.700. The van der Waals surface area contributed by atoms with Crippen LogP contribution in [0.4, 0.5) is 0 Å². The third kappa shape index (κ3) is 1.84. The molecule has 0 amide bonds. The molecule has 0 radical (unpaired) electrons. The highest BCUT2D eigenvalue weighted by Crippen LogP contribution is 2.17. The lowest BCUT2D eigenvalue weighted by molar-refractivity contribution is 0.0973. The van der Waals surface area contributed by atoms with Crippen LogP contribution < -0.4 is 5.73 Å². The minimum Gasteiger partial charge on any atom is -0.446 e. The van der Waals surface area contributed by atoms with Crippen LogP contribution in [0.3, 0.4) is 0 Å². The summed E-state index contributed by atoms with van der Waals surface area (Å²) in [5.41, 5.74) is 5.70. The summed E-state index contributed by atoms with van der Waals surface area (Å²) >= 11 is 0. The highest BCUT2D eigenvalue weighted by molar-refractivity contribution is 4.91. The van der Waals surface area contributed by atoms with Gasteiger partial charge in [0.05, 0.1) is 6.20 Å². The Morgan fingerprint density at radius 2 is 2.25 bits per heavy atom. The molecule has 68 valence electrons. The average molecular weight is 170 g/mol. The largest absolute Gasteiger partial charge is 0.446 e. The highest BCUT2D eigenvalue weighted by atomic mass is 16.4. The van der Waals surface area contributed by atoms with E-state index in [2.05, 4.69) is 4.98 Å². The van der Waals surface area contributed by atoms with Crippen molar-refractivity contribution >= 4 is 0 Å². The van der Waals surface area contributed by atoms with Crippen molar-refractivity contribution in [2.45, 2.75) is 26.0 Å². The van der Waals surface area contributed by atoms with Crippen molar-refractivity contribution in [3.05, 3.63) is 18.4 Å². The summed E-state index contributed by atoms with van der Waals surface area (Å²) in [6, 6.07) is -0.330. The fourth-order valence-electron chi connectivity index (χ4n) is 0.910. The maximum Gasteiger partial charge on any atom is 0.224 e. The van der Waals surface area contributed by atoms with Crippen LogP contribution in [-0.4, -0.2) is 16.1 Å². The lowest BCUT2D eigenvalue weighted by Gasteiger charge is -2.19. The van der Waals surface area contributed by atoms with Crippen LogP contribution in [0.15, 0.2) is 16.9 Å². The van der Waals surface area contributed by atoms with Crippen LogP contribution in [0.25, 0.3) is 0 Å². The third-order valence-electron chi connectivity index (χ3n) is 1.84. The molecule has 1 aromatic rings. The van der Waals surface area contributed by atoms with Gasteiger partial charge in [0.1, 0.15) is 12.4 Å². The molecule has 0 aromatic carbocycles. The summed E-state index contributed by atoms with van der Waals surface area (Å²) < 4.78 is 4.93. The first-order valence-corrected chi connectivity index (χ1v) is 3.96. The predicted molar refractivity (Wildman–Crippen MR) is 44.3 cm³/mol. The standard InChI is InChI=1S/C8H14N2O2/c1-5(2)6(9)7(11)8-10-3-4-12-8/h3-7,11H,9H2,1-2H3. The SMILES string of the molecule is CC(C)C(N)C(O)c1ncco1. The van der Waals surface area contributed by atoms with Gasteiger partial charge in [-0.3, -0.25) is 0 Å². The van der Waals surface area contributed by atoms with E-state index < -0.39 is 6.10 Å². The van der Waals surface area contributed by atoms with E-state index in [9.17, 15) is 5.11 Å². The molecule has 2 unspecified atom stereocenters. The monoisotopic (exact) mass is 170 g/mol. The molecule has 0 bridgehead atoms. The Morgan fingerprint density at radius 3 is 2.67 bits per heavy atom. The minimum atomic E-state index is -0.806. The van der Waals surface area contributed by atoms with Crippen LogP contribution in [0.2, 0.25) is 0 Å². The second kappa shape index (κ2) is 3.69. The van der Waals surface area contributed by atoms with Crippen molar-refractivity contribution in [1.82, 2.24) is 4.98 Å². The number of aromatic nitrogens is 1. The van der Waals surface area contributed by atoms with E-state index in [1.807, 2.05) is 13.8 Å². The molecule has 3 N–H and O–H groups in total. The number of nitrogens with zero attached hydrogens (tertiary/aromatic N) is 1. The molecule has 0 fully saturated rings. The van der Waals surface area contributed by atoms with Crippen LogP contribution in [0, 0.1) is 5.92 Å². The second-order valence-electron chi connectivity index (χ2n) is 3.14. The average Bonchev–Trinajstić information content (AvgIpc) is 2.53. The van der Waals surface area contributed by atoms with Gasteiger partial charge in [-0.1, -0.05) is 13.8 Å². The first-order valence-electron chi connectivity index (χ1n) is 3.96. The smallest absolute Gasteiger partial charge is 0.224 e. The number of hydrogen-bond donors (Lipinski definition) is 2. The molecule has 0 aliphatic carbocycles. The molecular weight excluding hydrogens is 156 g/mol. The zero-order chi connectivity index (χ0) is 9.14. The molecule has 1 rings (SSSR count). The topological polar surface area (TPSA) is 72.3 Å². The number of oxazole rings is 1. The van der Waals surface area contributed by atoms with Gasteiger partial charge >= 0.3 is 0 Å². The predicted octanol–water partition coefficient (Wildman–Crippen LogP) is 0.691. The maximum atomic E-state index is 9.57. The molecule has 0 aliphatic heterocycles. The van der Waals surface area contributed by atoms with Gasteiger partial charge in [-0.2, -0.15) is 0 Å². The molecule has 0 saturated heterocycles. The fraction of sp³-hybridized carbons (Fsp3) is 0.625. The molecule has 12 heavy (non-hydrogen) atoms. The van der Waals surface area contributed by atoms with Gasteiger partial charge in [0.15, 0.2) is 0 Å². The van der Waals surface area contributed by atoms with Crippen LogP contribution >= 0.6 is 0 Å². The second-order valence-corrected chi connectivity index (χ2v) is 3.14. The molecule has 1 heterocycles. The highest BCUT2D eigenvalue weighted by Gasteiger charge is 2.23. The fourth-order valence-corrected chi connectivity index (χ4v) is 0.910. The van der Waals surface area contributed by atoms with E-state index in [1.54, 1.807) is 0 Å². The van der Waals surface area contributed by atoms with E-state index in [-0.39, 0.29) is 17.9 Å². The van der Waals surface area contributed by atoms with Crippen molar-refractivity contribution < 1.29 is 9.52 Å². The number of rotatable bonds is 3. The number of nitrogens with two attached hydrogens (primary N) is 1. The van der Waals surface area contributed by atoms with Crippen molar-refractivity contribution in [3.8, 4) is 0 Å². The summed E-state index contributed by atoms with van der Waals surface area (Å²) in [4.78, 5) is 3.82. The van der Waals surface area contributed by atoms with E-state index in [0.717, 1.165) is 0 Å². The van der Waals surface area contributed by atoms with Crippen molar-refractivity contribution in [2.24, 2.45) is 11.7 Å². The van der Waals surface area contributed by atoms with Gasteiger partial charge in [0, 0.05) is 6.04 Å². The number of hydrogen-bond acceptors (Lipinski definition) is 4. The van der Waals surface area contributed by atoms with Crippen molar-refractivity contribution in [2.75, 3.05) is 0 Å². The number of aliphatic hydroxyl groups excluding tert-OH is 1. The first kappa shape index (κ1) is 9.22. The Hall–Kier alpha value is -0.870. The van der Waals surface area contributed by atoms with Crippen LogP contribution in [0.1, 0.15) is 25.8 Å². The molecule has 0 spiro atoms. The summed E-state index contributed by atoms with van der Waals surface area (Å²) in [6.07, 6.45) is 2.11. The molecule has 4 nitrogen and oxygen atoms in total. The number of aliphatic hydroxyl groups is 1. The molecule has 0 saturated carbocycles. The minimum absolute atomic E-state index is 0.201. The Bertz CT molecular complexity index is 221. The summed E-state index contributed by atoms with van der Waals surface area (Å²) in [6.45, 7) is 3.88.